The van der Waals surface area contributed by atoms with Crippen molar-refractivity contribution < 1.29 is 18.0 Å². The molecule has 2 aromatic carbocycles. The largest absolute Gasteiger partial charge is 0.299 e. The number of carbonyl (C=O) groups is 1. The summed E-state index contributed by atoms with van der Waals surface area (Å²) in [6.45, 7) is 3.65. The van der Waals surface area contributed by atoms with Crippen LogP contribution in [-0.4, -0.2) is 5.78 Å². The number of hydrogen-bond acceptors (Lipinski definition) is 1. The second kappa shape index (κ2) is 6.12. The van der Waals surface area contributed by atoms with E-state index in [9.17, 15) is 18.0 Å². The highest BCUT2D eigenvalue weighted by molar-refractivity contribution is 5.82. The summed E-state index contributed by atoms with van der Waals surface area (Å²) < 4.78 is 39.8. The van der Waals surface area contributed by atoms with Gasteiger partial charge < -0.3 is 0 Å². The maximum absolute atomic E-state index is 13.7. The summed E-state index contributed by atoms with van der Waals surface area (Å²) in [6.07, 6.45) is 0.304. The molecule has 0 aliphatic carbocycles. The number of rotatable bonds is 4. The average molecular weight is 292 g/mol. The minimum Gasteiger partial charge on any atom is -0.299 e. The molecule has 0 radical (unpaired) electrons. The molecule has 2 aromatic rings. The number of carbonyl (C=O) groups excluding carboxylic acids is 1. The zero-order chi connectivity index (χ0) is 15.6. The van der Waals surface area contributed by atoms with E-state index in [1.807, 2.05) is 13.8 Å². The zero-order valence-electron chi connectivity index (χ0n) is 11.8. The predicted molar refractivity (Wildman–Crippen MR) is 75.3 cm³/mol. The van der Waals surface area contributed by atoms with Crippen LogP contribution in [0.1, 0.15) is 19.4 Å². The summed E-state index contributed by atoms with van der Waals surface area (Å²) in [6, 6.07) is 8.66. The van der Waals surface area contributed by atoms with Gasteiger partial charge in [0.05, 0.1) is 0 Å². The van der Waals surface area contributed by atoms with Gasteiger partial charge in [-0.3, -0.25) is 4.79 Å². The van der Waals surface area contributed by atoms with Gasteiger partial charge in [-0.25, -0.2) is 13.2 Å². The van der Waals surface area contributed by atoms with Gasteiger partial charge in [-0.15, -0.1) is 0 Å². The maximum atomic E-state index is 13.7. The third kappa shape index (κ3) is 3.32. The first-order valence-electron chi connectivity index (χ1n) is 6.65. The molecule has 0 atom stereocenters. The molecule has 1 nitrogen and oxygen atoms in total. The first kappa shape index (κ1) is 15.3. The molecule has 0 saturated carbocycles. The lowest BCUT2D eigenvalue weighted by atomic mass is 9.98. The van der Waals surface area contributed by atoms with Crippen molar-refractivity contribution in [1.82, 2.24) is 0 Å². The normalized spacial score (nSPS) is 11.0. The second-order valence-corrected chi connectivity index (χ2v) is 5.22. The van der Waals surface area contributed by atoms with Crippen LogP contribution in [0.25, 0.3) is 11.1 Å². The van der Waals surface area contributed by atoms with E-state index >= 15 is 0 Å². The van der Waals surface area contributed by atoms with Crippen LogP contribution in [-0.2, 0) is 11.2 Å². The summed E-state index contributed by atoms with van der Waals surface area (Å²) in [5.74, 6) is -3.84. The highest BCUT2D eigenvalue weighted by Gasteiger charge is 2.15. The van der Waals surface area contributed by atoms with E-state index in [1.165, 1.54) is 6.07 Å². The van der Waals surface area contributed by atoms with Crippen molar-refractivity contribution in [3.05, 3.63) is 59.4 Å². The van der Waals surface area contributed by atoms with E-state index < -0.39 is 17.5 Å². The van der Waals surface area contributed by atoms with Crippen molar-refractivity contribution in [3.8, 4) is 11.1 Å². The van der Waals surface area contributed by atoms with Gasteiger partial charge in [0, 0.05) is 17.9 Å². The van der Waals surface area contributed by atoms with Crippen LogP contribution in [0.2, 0.25) is 0 Å². The number of hydrogen-bond donors (Lipinski definition) is 0. The van der Waals surface area contributed by atoms with Crippen LogP contribution in [0.3, 0.4) is 0 Å². The zero-order valence-corrected chi connectivity index (χ0v) is 11.8. The van der Waals surface area contributed by atoms with Crippen molar-refractivity contribution >= 4 is 5.78 Å². The van der Waals surface area contributed by atoms with E-state index in [4.69, 9.17) is 0 Å². The van der Waals surface area contributed by atoms with Gasteiger partial charge in [0.25, 0.3) is 0 Å². The van der Waals surface area contributed by atoms with Gasteiger partial charge in [0.15, 0.2) is 17.5 Å². The van der Waals surface area contributed by atoms with Crippen LogP contribution < -0.4 is 0 Å². The molecule has 0 aliphatic heterocycles. The molecule has 0 aliphatic rings. The summed E-state index contributed by atoms with van der Waals surface area (Å²) in [4.78, 5) is 11.7. The Bertz CT molecular complexity index is 660. The summed E-state index contributed by atoms with van der Waals surface area (Å²) >= 11 is 0. The molecule has 0 aromatic heterocycles. The lowest BCUT2D eigenvalue weighted by molar-refractivity contribution is -0.121. The Kier molecular flexibility index (Phi) is 4.46. The van der Waals surface area contributed by atoms with Crippen LogP contribution in [0, 0.1) is 23.4 Å². The SMILES string of the molecule is CC(C)C(=O)Cc1ccc(-c2ccc(F)c(F)c2F)cc1. The van der Waals surface area contributed by atoms with Crippen molar-refractivity contribution in [3.63, 3.8) is 0 Å². The Hall–Kier alpha value is -2.10. The average Bonchev–Trinajstić information content (AvgIpc) is 2.46. The van der Waals surface area contributed by atoms with E-state index in [2.05, 4.69) is 0 Å². The van der Waals surface area contributed by atoms with Crippen LogP contribution in [0.5, 0.6) is 0 Å². The number of ketones is 1. The maximum Gasteiger partial charge on any atom is 0.195 e. The van der Waals surface area contributed by atoms with Gasteiger partial charge in [-0.1, -0.05) is 38.1 Å². The smallest absolute Gasteiger partial charge is 0.195 e. The fraction of sp³-hybridized carbons (Fsp3) is 0.235. The molecule has 0 bridgehead atoms. The molecule has 0 fully saturated rings. The van der Waals surface area contributed by atoms with E-state index in [1.54, 1.807) is 24.3 Å². The standard InChI is InChI=1S/C17H15F3O/c1-10(2)15(21)9-11-3-5-12(6-4-11)13-7-8-14(18)17(20)16(13)19/h3-8,10H,9H2,1-2H3. The van der Waals surface area contributed by atoms with Crippen molar-refractivity contribution in [1.29, 1.82) is 0 Å². The minimum atomic E-state index is -1.48. The van der Waals surface area contributed by atoms with E-state index in [0.29, 0.717) is 12.0 Å². The Morgan fingerprint density at radius 2 is 1.57 bits per heavy atom. The summed E-state index contributed by atoms with van der Waals surface area (Å²) in [5.41, 5.74) is 1.24. The van der Waals surface area contributed by atoms with Crippen molar-refractivity contribution in [2.75, 3.05) is 0 Å². The molecule has 0 unspecified atom stereocenters. The summed E-state index contributed by atoms with van der Waals surface area (Å²) in [7, 11) is 0. The van der Waals surface area contributed by atoms with Crippen LogP contribution in [0.4, 0.5) is 13.2 Å². The lowest BCUT2D eigenvalue weighted by Gasteiger charge is -2.07. The molecular weight excluding hydrogens is 277 g/mol. The number of halogens is 3. The molecule has 0 N–H and O–H groups in total. The van der Waals surface area contributed by atoms with E-state index in [-0.39, 0.29) is 17.3 Å². The first-order chi connectivity index (χ1) is 9.90. The minimum absolute atomic E-state index is 0.00404. The van der Waals surface area contributed by atoms with Gasteiger partial charge in [0.1, 0.15) is 5.78 Å². The predicted octanol–water partition coefficient (Wildman–Crippen LogP) is 4.54. The Labute approximate surface area is 121 Å². The Balaban J connectivity index is 2.27. The van der Waals surface area contributed by atoms with E-state index in [0.717, 1.165) is 11.6 Å². The van der Waals surface area contributed by atoms with Crippen molar-refractivity contribution in [2.45, 2.75) is 20.3 Å². The number of Topliss-reactive ketones (excluding diaryl/α,β-unsaturated/α-hetero) is 1. The molecule has 110 valence electrons. The molecule has 0 saturated heterocycles. The Morgan fingerprint density at radius 3 is 2.14 bits per heavy atom. The Morgan fingerprint density at radius 1 is 0.952 bits per heavy atom. The monoisotopic (exact) mass is 292 g/mol. The topological polar surface area (TPSA) is 17.1 Å². The molecular formula is C17H15F3O. The first-order valence-corrected chi connectivity index (χ1v) is 6.65. The van der Waals surface area contributed by atoms with Crippen LogP contribution in [0.15, 0.2) is 36.4 Å². The van der Waals surface area contributed by atoms with Crippen LogP contribution >= 0.6 is 0 Å². The fourth-order valence-electron chi connectivity index (χ4n) is 1.96. The second-order valence-electron chi connectivity index (χ2n) is 5.22. The molecule has 0 amide bonds. The summed E-state index contributed by atoms with van der Waals surface area (Å²) in [5, 5.41) is 0. The van der Waals surface area contributed by atoms with Gasteiger partial charge in [-0.2, -0.15) is 0 Å². The molecule has 4 heteroatoms. The van der Waals surface area contributed by atoms with Crippen molar-refractivity contribution in [2.24, 2.45) is 5.92 Å². The fourth-order valence-corrected chi connectivity index (χ4v) is 1.96. The highest BCUT2D eigenvalue weighted by Crippen LogP contribution is 2.26. The molecule has 0 spiro atoms. The molecule has 0 heterocycles. The third-order valence-corrected chi connectivity index (χ3v) is 3.32. The lowest BCUT2D eigenvalue weighted by Crippen LogP contribution is -2.09. The van der Waals surface area contributed by atoms with Gasteiger partial charge >= 0.3 is 0 Å². The highest BCUT2D eigenvalue weighted by atomic mass is 19.2. The third-order valence-electron chi connectivity index (χ3n) is 3.32. The molecule has 2 rings (SSSR count). The number of benzene rings is 2. The molecule has 21 heavy (non-hydrogen) atoms. The quantitative estimate of drug-likeness (QED) is 0.756. The van der Waals surface area contributed by atoms with Gasteiger partial charge in [0.2, 0.25) is 0 Å². The van der Waals surface area contributed by atoms with Gasteiger partial charge in [-0.05, 0) is 23.3 Å².